The zero-order chi connectivity index (χ0) is 11.0. The van der Waals surface area contributed by atoms with Crippen LogP contribution in [0.3, 0.4) is 0 Å². The number of benzene rings is 1. The van der Waals surface area contributed by atoms with E-state index in [9.17, 15) is 14.0 Å². The number of hydrogen-bond acceptors (Lipinski definition) is 3. The fourth-order valence-electron chi connectivity index (χ4n) is 1.58. The van der Waals surface area contributed by atoms with Crippen molar-refractivity contribution in [1.82, 2.24) is 0 Å². The minimum absolute atomic E-state index is 0.196. The second kappa shape index (κ2) is 3.46. The lowest BCUT2D eigenvalue weighted by Gasteiger charge is -2.22. The van der Waals surface area contributed by atoms with Gasteiger partial charge in [0.1, 0.15) is 5.82 Å². The topological polar surface area (TPSA) is 43.4 Å². The van der Waals surface area contributed by atoms with Crippen LogP contribution in [0.2, 0.25) is 0 Å². The highest BCUT2D eigenvalue weighted by Crippen LogP contribution is 2.21. The van der Waals surface area contributed by atoms with Gasteiger partial charge in [-0.25, -0.2) is 9.18 Å². The van der Waals surface area contributed by atoms with Crippen LogP contribution in [0.5, 0.6) is 0 Å². The van der Waals surface area contributed by atoms with E-state index in [1.54, 1.807) is 0 Å². The second-order valence-electron chi connectivity index (χ2n) is 3.51. The summed E-state index contributed by atoms with van der Waals surface area (Å²) in [6.07, 6.45) is -0.396. The van der Waals surface area contributed by atoms with E-state index in [-0.39, 0.29) is 11.3 Å². The predicted octanol–water partition coefficient (Wildman–Crippen LogP) is 1.50. The lowest BCUT2D eigenvalue weighted by molar-refractivity contribution is -0.125. The molecule has 15 heavy (non-hydrogen) atoms. The standard InChI is InChI=1S/C11H9FO3/c1-6(13)10-4-7-2-3-8(12)5-9(7)11(14)15-10/h2-3,5,10H,4H2,1H3. The molecule has 0 amide bonds. The molecule has 0 bridgehead atoms. The molecule has 4 heteroatoms. The Morgan fingerprint density at radius 1 is 1.53 bits per heavy atom. The quantitative estimate of drug-likeness (QED) is 0.657. The molecule has 1 aromatic carbocycles. The first-order valence-electron chi connectivity index (χ1n) is 4.58. The average molecular weight is 208 g/mol. The van der Waals surface area contributed by atoms with E-state index in [1.807, 2.05) is 0 Å². The molecule has 1 heterocycles. The van der Waals surface area contributed by atoms with Crippen molar-refractivity contribution in [1.29, 1.82) is 0 Å². The molecule has 0 aliphatic carbocycles. The summed E-state index contributed by atoms with van der Waals surface area (Å²) >= 11 is 0. The molecule has 0 N–H and O–H groups in total. The van der Waals surface area contributed by atoms with Gasteiger partial charge in [0.25, 0.3) is 0 Å². The number of rotatable bonds is 1. The molecule has 0 aromatic heterocycles. The zero-order valence-electron chi connectivity index (χ0n) is 8.12. The van der Waals surface area contributed by atoms with Crippen molar-refractivity contribution in [2.24, 2.45) is 0 Å². The van der Waals surface area contributed by atoms with Crippen molar-refractivity contribution in [3.8, 4) is 0 Å². The molecule has 78 valence electrons. The zero-order valence-corrected chi connectivity index (χ0v) is 8.12. The molecule has 0 spiro atoms. The molecule has 0 saturated heterocycles. The third kappa shape index (κ3) is 1.75. The Morgan fingerprint density at radius 3 is 2.93 bits per heavy atom. The van der Waals surface area contributed by atoms with Crippen LogP contribution >= 0.6 is 0 Å². The summed E-state index contributed by atoms with van der Waals surface area (Å²) in [5, 5.41) is 0. The van der Waals surface area contributed by atoms with Gasteiger partial charge in [-0.05, 0) is 24.6 Å². The number of ether oxygens (including phenoxy) is 1. The Labute approximate surface area is 85.9 Å². The summed E-state index contributed by atoms with van der Waals surface area (Å²) < 4.78 is 17.7. The molecule has 0 radical (unpaired) electrons. The third-order valence-corrected chi connectivity index (χ3v) is 2.40. The largest absolute Gasteiger partial charge is 0.450 e. The van der Waals surface area contributed by atoms with Crippen LogP contribution in [0.15, 0.2) is 18.2 Å². The van der Waals surface area contributed by atoms with Gasteiger partial charge in [0, 0.05) is 6.42 Å². The number of ketones is 1. The lowest BCUT2D eigenvalue weighted by atomic mass is 9.97. The van der Waals surface area contributed by atoms with Crippen molar-refractivity contribution in [2.75, 3.05) is 0 Å². The van der Waals surface area contributed by atoms with Gasteiger partial charge in [-0.1, -0.05) is 6.07 Å². The highest BCUT2D eigenvalue weighted by atomic mass is 19.1. The van der Waals surface area contributed by atoms with Crippen LogP contribution in [-0.2, 0) is 16.0 Å². The van der Waals surface area contributed by atoms with Crippen LogP contribution in [0.4, 0.5) is 4.39 Å². The van der Waals surface area contributed by atoms with Gasteiger partial charge in [0.15, 0.2) is 11.9 Å². The summed E-state index contributed by atoms with van der Waals surface area (Å²) in [5.74, 6) is -1.30. The number of Topliss-reactive ketones (excluding diaryl/α,β-unsaturated/α-hetero) is 1. The normalized spacial score (nSPS) is 19.3. The Balaban J connectivity index is 2.41. The fraction of sp³-hybridized carbons (Fsp3) is 0.273. The first kappa shape index (κ1) is 9.83. The summed E-state index contributed by atoms with van der Waals surface area (Å²) in [4.78, 5) is 22.5. The van der Waals surface area contributed by atoms with Crippen molar-refractivity contribution < 1.29 is 18.7 Å². The highest BCUT2D eigenvalue weighted by Gasteiger charge is 2.29. The minimum atomic E-state index is -0.726. The molecule has 1 aromatic rings. The Kier molecular flexibility index (Phi) is 2.26. The summed E-state index contributed by atoms with van der Waals surface area (Å²) in [6, 6.07) is 3.92. The number of cyclic esters (lactones) is 1. The van der Waals surface area contributed by atoms with Crippen LogP contribution < -0.4 is 0 Å². The van der Waals surface area contributed by atoms with Gasteiger partial charge < -0.3 is 4.74 Å². The van der Waals surface area contributed by atoms with E-state index in [0.29, 0.717) is 12.0 Å². The van der Waals surface area contributed by atoms with E-state index in [1.165, 1.54) is 19.1 Å². The van der Waals surface area contributed by atoms with E-state index in [2.05, 4.69) is 0 Å². The highest BCUT2D eigenvalue weighted by molar-refractivity contribution is 5.95. The molecule has 0 fully saturated rings. The van der Waals surface area contributed by atoms with Crippen LogP contribution in [-0.4, -0.2) is 17.9 Å². The number of carbonyl (C=O) groups excluding carboxylic acids is 2. The summed E-state index contributed by atoms with van der Waals surface area (Å²) in [6.45, 7) is 1.37. The van der Waals surface area contributed by atoms with E-state index < -0.39 is 17.9 Å². The first-order chi connectivity index (χ1) is 7.08. The maximum atomic E-state index is 12.8. The van der Waals surface area contributed by atoms with Crippen LogP contribution in [0.1, 0.15) is 22.8 Å². The van der Waals surface area contributed by atoms with Gasteiger partial charge in [-0.15, -0.1) is 0 Å². The number of carbonyl (C=O) groups is 2. The van der Waals surface area contributed by atoms with E-state index in [0.717, 1.165) is 6.07 Å². The smallest absolute Gasteiger partial charge is 0.339 e. The fourth-order valence-corrected chi connectivity index (χ4v) is 1.58. The van der Waals surface area contributed by atoms with Crippen LogP contribution in [0.25, 0.3) is 0 Å². The minimum Gasteiger partial charge on any atom is -0.450 e. The SMILES string of the molecule is CC(=O)C1Cc2ccc(F)cc2C(=O)O1. The van der Waals surface area contributed by atoms with Gasteiger partial charge in [-0.3, -0.25) is 4.79 Å². The maximum absolute atomic E-state index is 12.8. The van der Waals surface area contributed by atoms with Crippen molar-refractivity contribution in [3.05, 3.63) is 35.1 Å². The van der Waals surface area contributed by atoms with Gasteiger partial charge >= 0.3 is 5.97 Å². The Hall–Kier alpha value is -1.71. The van der Waals surface area contributed by atoms with Gasteiger partial charge in [0.2, 0.25) is 0 Å². The van der Waals surface area contributed by atoms with Crippen LogP contribution in [0, 0.1) is 5.82 Å². The molecule has 0 saturated carbocycles. The second-order valence-corrected chi connectivity index (χ2v) is 3.51. The number of esters is 1. The Morgan fingerprint density at radius 2 is 2.27 bits per heavy atom. The third-order valence-electron chi connectivity index (χ3n) is 2.40. The predicted molar refractivity (Wildman–Crippen MR) is 50.0 cm³/mol. The van der Waals surface area contributed by atoms with Gasteiger partial charge in [-0.2, -0.15) is 0 Å². The monoisotopic (exact) mass is 208 g/mol. The first-order valence-corrected chi connectivity index (χ1v) is 4.58. The van der Waals surface area contributed by atoms with E-state index in [4.69, 9.17) is 4.74 Å². The van der Waals surface area contributed by atoms with Gasteiger partial charge in [0.05, 0.1) is 5.56 Å². The molecule has 1 aliphatic rings. The van der Waals surface area contributed by atoms with Crippen molar-refractivity contribution in [3.63, 3.8) is 0 Å². The van der Waals surface area contributed by atoms with Crippen molar-refractivity contribution >= 4 is 11.8 Å². The molecular weight excluding hydrogens is 199 g/mol. The molecule has 2 rings (SSSR count). The molecular formula is C11H9FO3. The Bertz CT molecular complexity index is 439. The maximum Gasteiger partial charge on any atom is 0.339 e. The summed E-state index contributed by atoms with van der Waals surface area (Å²) in [5.41, 5.74) is 0.875. The number of halogens is 1. The number of hydrogen-bond donors (Lipinski definition) is 0. The number of fused-ring (bicyclic) bond motifs is 1. The molecule has 1 unspecified atom stereocenters. The molecule has 1 aliphatic heterocycles. The molecule has 1 atom stereocenters. The summed E-state index contributed by atoms with van der Waals surface area (Å²) in [7, 11) is 0. The average Bonchev–Trinajstić information content (AvgIpc) is 2.18. The lowest BCUT2D eigenvalue weighted by Crippen LogP contribution is -2.32. The van der Waals surface area contributed by atoms with E-state index >= 15 is 0 Å². The molecule has 3 nitrogen and oxygen atoms in total. The van der Waals surface area contributed by atoms with Crippen molar-refractivity contribution in [2.45, 2.75) is 19.4 Å².